The molecule has 0 radical (unpaired) electrons. The molecule has 1 aliphatic heterocycles. The number of morpholine rings is 1. The lowest BCUT2D eigenvalue weighted by molar-refractivity contribution is 0.0377. The number of aliphatic imine (C=N–C) groups is 1. The number of hydrogen-bond acceptors (Lipinski definition) is 6. The zero-order valence-electron chi connectivity index (χ0n) is 15.7. The molecular weight excluding hydrogens is 384 g/mol. The van der Waals surface area contributed by atoms with Gasteiger partial charge in [-0.3, -0.25) is 19.7 Å². The predicted molar refractivity (Wildman–Crippen MR) is 108 cm³/mol. The minimum Gasteiger partial charge on any atom is -0.493 e. The van der Waals surface area contributed by atoms with Crippen molar-refractivity contribution in [3.05, 3.63) is 55.7 Å². The summed E-state index contributed by atoms with van der Waals surface area (Å²) in [6.45, 7) is 6.38. The van der Waals surface area contributed by atoms with Crippen LogP contribution in [-0.4, -0.2) is 64.7 Å². The zero-order chi connectivity index (χ0) is 20.1. The number of nitrogens with zero attached hydrogens (tertiary/aromatic N) is 3. The summed E-state index contributed by atoms with van der Waals surface area (Å²) in [7, 11) is 0. The monoisotopic (exact) mass is 406 g/mol. The van der Waals surface area contributed by atoms with Gasteiger partial charge in [0.15, 0.2) is 0 Å². The Kier molecular flexibility index (Phi) is 6.66. The normalized spacial score (nSPS) is 15.7. The fourth-order valence-electron chi connectivity index (χ4n) is 3.13. The van der Waals surface area contributed by atoms with Gasteiger partial charge in [0, 0.05) is 36.9 Å². The van der Waals surface area contributed by atoms with Crippen molar-refractivity contribution in [3.63, 3.8) is 0 Å². The van der Waals surface area contributed by atoms with Crippen molar-refractivity contribution in [1.29, 1.82) is 0 Å². The third kappa shape index (κ3) is 4.70. The summed E-state index contributed by atoms with van der Waals surface area (Å²) >= 11 is 5.88. The van der Waals surface area contributed by atoms with Gasteiger partial charge >= 0.3 is 5.69 Å². The summed E-state index contributed by atoms with van der Waals surface area (Å²) in [6.07, 6.45) is 0.826. The summed E-state index contributed by atoms with van der Waals surface area (Å²) in [5.41, 5.74) is -0.635. The van der Waals surface area contributed by atoms with Gasteiger partial charge in [-0.2, -0.15) is 0 Å². The lowest BCUT2D eigenvalue weighted by Crippen LogP contribution is -2.37. The Morgan fingerprint density at radius 1 is 1.25 bits per heavy atom. The number of benzene rings is 1. The van der Waals surface area contributed by atoms with Gasteiger partial charge in [-0.25, -0.2) is 9.36 Å². The van der Waals surface area contributed by atoms with Gasteiger partial charge < -0.3 is 9.84 Å². The van der Waals surface area contributed by atoms with Crippen LogP contribution >= 0.6 is 11.6 Å². The quantitative estimate of drug-likeness (QED) is 0.558. The standard InChI is InChI=1S/C19H23ClN4O4/c1-13(21-7-2-8-23-9-11-28-12-10-23)16-17(25)22-19(27)24(18(16)26)15-5-3-14(20)4-6-15/h3-6,26H,2,7-12H2,1H3,(H,22,25,27). The average Bonchev–Trinajstić information content (AvgIpc) is 2.67. The van der Waals surface area contributed by atoms with Crippen LogP contribution in [-0.2, 0) is 4.74 Å². The number of nitrogens with one attached hydrogen (secondary N) is 1. The second-order valence-electron chi connectivity index (χ2n) is 6.54. The van der Waals surface area contributed by atoms with Crippen LogP contribution in [0.3, 0.4) is 0 Å². The molecule has 1 aromatic carbocycles. The molecule has 0 bridgehead atoms. The number of rotatable bonds is 6. The van der Waals surface area contributed by atoms with Crippen molar-refractivity contribution >= 4 is 17.3 Å². The maximum absolute atomic E-state index is 12.3. The molecule has 150 valence electrons. The first-order valence-electron chi connectivity index (χ1n) is 9.13. The van der Waals surface area contributed by atoms with Crippen molar-refractivity contribution < 1.29 is 9.84 Å². The first kappa shape index (κ1) is 20.3. The molecule has 0 aliphatic carbocycles. The minimum atomic E-state index is -0.728. The number of H-pyrrole nitrogens is 1. The highest BCUT2D eigenvalue weighted by molar-refractivity contribution is 6.30. The number of halogens is 1. The fraction of sp³-hybridized carbons (Fsp3) is 0.421. The van der Waals surface area contributed by atoms with E-state index in [4.69, 9.17) is 16.3 Å². The number of aromatic amines is 1. The van der Waals surface area contributed by atoms with Gasteiger partial charge in [0.25, 0.3) is 5.56 Å². The number of aromatic nitrogens is 2. The minimum absolute atomic E-state index is 0.0130. The number of ether oxygens (including phenoxy) is 1. The predicted octanol–water partition coefficient (Wildman–Crippen LogP) is 1.42. The summed E-state index contributed by atoms with van der Waals surface area (Å²) < 4.78 is 6.35. The van der Waals surface area contributed by atoms with Crippen LogP contribution < -0.4 is 11.2 Å². The van der Waals surface area contributed by atoms with Gasteiger partial charge in [-0.1, -0.05) is 11.6 Å². The first-order chi connectivity index (χ1) is 13.5. The van der Waals surface area contributed by atoms with E-state index < -0.39 is 17.1 Å². The van der Waals surface area contributed by atoms with E-state index in [-0.39, 0.29) is 5.56 Å². The van der Waals surface area contributed by atoms with Crippen molar-refractivity contribution in [2.24, 2.45) is 4.99 Å². The lowest BCUT2D eigenvalue weighted by Gasteiger charge is -2.26. The Balaban J connectivity index is 1.80. The molecule has 8 nitrogen and oxygen atoms in total. The van der Waals surface area contributed by atoms with Gasteiger partial charge in [0.05, 0.1) is 18.9 Å². The lowest BCUT2D eigenvalue weighted by atomic mass is 10.2. The third-order valence-corrected chi connectivity index (χ3v) is 4.87. The van der Waals surface area contributed by atoms with E-state index in [1.807, 2.05) is 0 Å². The molecule has 0 atom stereocenters. The molecule has 0 amide bonds. The zero-order valence-corrected chi connectivity index (χ0v) is 16.4. The van der Waals surface area contributed by atoms with E-state index in [1.54, 1.807) is 31.2 Å². The van der Waals surface area contributed by atoms with E-state index in [2.05, 4.69) is 14.9 Å². The Morgan fingerprint density at radius 2 is 1.93 bits per heavy atom. The molecule has 9 heteroatoms. The fourth-order valence-corrected chi connectivity index (χ4v) is 3.25. The molecule has 0 unspecified atom stereocenters. The molecule has 1 saturated heterocycles. The van der Waals surface area contributed by atoms with Crippen molar-refractivity contribution in [3.8, 4) is 11.6 Å². The summed E-state index contributed by atoms with van der Waals surface area (Å²) in [5.74, 6) is -0.439. The maximum atomic E-state index is 12.3. The van der Waals surface area contributed by atoms with E-state index in [0.29, 0.717) is 23.0 Å². The van der Waals surface area contributed by atoms with Crippen LogP contribution in [0, 0.1) is 0 Å². The van der Waals surface area contributed by atoms with Crippen molar-refractivity contribution in [2.45, 2.75) is 13.3 Å². The highest BCUT2D eigenvalue weighted by Crippen LogP contribution is 2.19. The SMILES string of the molecule is CC(=NCCCN1CCOCC1)c1c(O)n(-c2ccc(Cl)cc2)c(=O)[nH]c1=O. The molecule has 3 rings (SSSR count). The highest BCUT2D eigenvalue weighted by atomic mass is 35.5. The van der Waals surface area contributed by atoms with Crippen LogP contribution in [0.5, 0.6) is 5.88 Å². The van der Waals surface area contributed by atoms with Crippen LogP contribution in [0.1, 0.15) is 18.9 Å². The van der Waals surface area contributed by atoms with E-state index in [1.165, 1.54) is 0 Å². The van der Waals surface area contributed by atoms with Crippen LogP contribution in [0.15, 0.2) is 38.8 Å². The molecular formula is C19H23ClN4O4. The molecule has 0 spiro atoms. The molecule has 2 aromatic rings. The van der Waals surface area contributed by atoms with Crippen molar-refractivity contribution in [2.75, 3.05) is 39.4 Å². The first-order valence-corrected chi connectivity index (χ1v) is 9.51. The second kappa shape index (κ2) is 9.18. The van der Waals surface area contributed by atoms with E-state index in [0.717, 1.165) is 43.8 Å². The average molecular weight is 407 g/mol. The van der Waals surface area contributed by atoms with E-state index in [9.17, 15) is 14.7 Å². The number of hydrogen-bond donors (Lipinski definition) is 2. The molecule has 0 saturated carbocycles. The summed E-state index contributed by atoms with van der Waals surface area (Å²) in [6, 6.07) is 6.36. The van der Waals surface area contributed by atoms with Gasteiger partial charge in [0.2, 0.25) is 5.88 Å². The van der Waals surface area contributed by atoms with Gasteiger partial charge in [0.1, 0.15) is 5.56 Å². The smallest absolute Gasteiger partial charge is 0.335 e. The summed E-state index contributed by atoms with van der Waals surface area (Å²) in [5, 5.41) is 11.1. The van der Waals surface area contributed by atoms with Crippen LogP contribution in [0.25, 0.3) is 5.69 Å². The highest BCUT2D eigenvalue weighted by Gasteiger charge is 2.18. The Morgan fingerprint density at radius 3 is 2.61 bits per heavy atom. The molecule has 1 aromatic heterocycles. The topological polar surface area (TPSA) is 99.9 Å². The summed E-state index contributed by atoms with van der Waals surface area (Å²) in [4.78, 5) is 33.4. The van der Waals surface area contributed by atoms with Crippen LogP contribution in [0.4, 0.5) is 0 Å². The van der Waals surface area contributed by atoms with E-state index >= 15 is 0 Å². The largest absolute Gasteiger partial charge is 0.493 e. The third-order valence-electron chi connectivity index (χ3n) is 4.62. The Hall–Kier alpha value is -2.42. The molecule has 2 N–H and O–H groups in total. The van der Waals surface area contributed by atoms with Gasteiger partial charge in [-0.15, -0.1) is 0 Å². The van der Waals surface area contributed by atoms with Gasteiger partial charge in [-0.05, 0) is 37.6 Å². The molecule has 1 aliphatic rings. The van der Waals surface area contributed by atoms with Crippen molar-refractivity contribution in [1.82, 2.24) is 14.5 Å². The van der Waals surface area contributed by atoms with Crippen LogP contribution in [0.2, 0.25) is 5.02 Å². The maximum Gasteiger partial charge on any atom is 0.335 e. The molecule has 2 heterocycles. The Bertz CT molecular complexity index is 959. The molecule has 1 fully saturated rings. The Labute approximate surface area is 167 Å². The molecule has 28 heavy (non-hydrogen) atoms. The second-order valence-corrected chi connectivity index (χ2v) is 6.98. The number of aromatic hydroxyl groups is 1.